The molecular weight excluding hydrogens is 438 g/mol. The van der Waals surface area contributed by atoms with E-state index in [2.05, 4.69) is 15.2 Å². The van der Waals surface area contributed by atoms with E-state index < -0.39 is 0 Å². The maximum absolute atomic E-state index is 12.0. The molecule has 2 aliphatic heterocycles. The van der Waals surface area contributed by atoms with E-state index in [9.17, 15) is 4.79 Å². The molecule has 0 saturated carbocycles. The van der Waals surface area contributed by atoms with Gasteiger partial charge >= 0.3 is 5.97 Å². The van der Waals surface area contributed by atoms with Crippen molar-refractivity contribution < 1.29 is 18.7 Å². The number of hydrogen-bond donors (Lipinski definition) is 1. The molecule has 2 aliphatic rings. The van der Waals surface area contributed by atoms with E-state index in [1.807, 2.05) is 42.5 Å². The highest BCUT2D eigenvalue weighted by Crippen LogP contribution is 2.41. The van der Waals surface area contributed by atoms with Crippen LogP contribution in [0.15, 0.2) is 65.2 Å². The molecule has 7 nitrogen and oxygen atoms in total. The normalized spacial score (nSPS) is 22.4. The number of aromatic nitrogens is 1. The largest absolute Gasteiger partial charge is 0.465 e. The fraction of sp³-hybridized carbons (Fsp3) is 0.320. The lowest BCUT2D eigenvalue weighted by molar-refractivity contribution is 0.0600. The second kappa shape index (κ2) is 9.33. The highest BCUT2D eigenvalue weighted by Gasteiger charge is 2.42. The van der Waals surface area contributed by atoms with Crippen LogP contribution in [0.5, 0.6) is 0 Å². The number of esters is 1. The number of furan rings is 1. The molecule has 3 aromatic rings. The number of rotatable bonds is 6. The average molecular weight is 464 g/mol. The predicted octanol–water partition coefficient (Wildman–Crippen LogP) is 4.28. The fourth-order valence-corrected chi connectivity index (χ4v) is 4.82. The van der Waals surface area contributed by atoms with Crippen molar-refractivity contribution >= 4 is 23.3 Å². The zero-order valence-electron chi connectivity index (χ0n) is 18.3. The van der Waals surface area contributed by atoms with Gasteiger partial charge in [-0.15, -0.1) is 0 Å². The summed E-state index contributed by atoms with van der Waals surface area (Å²) in [5, 5.41) is 4.11. The monoisotopic (exact) mass is 463 g/mol. The van der Waals surface area contributed by atoms with Gasteiger partial charge in [-0.2, -0.15) is 0 Å². The number of ether oxygens (including phenoxy) is 2. The van der Waals surface area contributed by atoms with Crippen molar-refractivity contribution in [2.45, 2.75) is 31.0 Å². The number of methoxy groups -OCH3 is 1. The Labute approximate surface area is 197 Å². The van der Waals surface area contributed by atoms with Gasteiger partial charge in [-0.1, -0.05) is 18.2 Å². The average Bonchev–Trinajstić information content (AvgIpc) is 3.61. The number of benzene rings is 1. The molecule has 5 rings (SSSR count). The van der Waals surface area contributed by atoms with Gasteiger partial charge in [0.1, 0.15) is 17.6 Å². The Morgan fingerprint density at radius 2 is 2.15 bits per heavy atom. The summed E-state index contributed by atoms with van der Waals surface area (Å²) >= 11 is 5.73. The standard InChI is InChI=1S/C25H25N3O4S/c1-30-24(29)17-7-4-6-16(14-17)20-10-11-21(32-20)23-22(19-9-2-3-12-26-19)27-25(33)28(23)15-18-8-5-13-31-18/h2-4,6-7,9-12,14,18,22-23H,5,8,13,15H2,1H3,(H,27,33)/t18-,22+,23-/m0/s1. The summed E-state index contributed by atoms with van der Waals surface area (Å²) in [6, 6.07) is 16.6. The van der Waals surface area contributed by atoms with Gasteiger partial charge in [0.05, 0.1) is 30.5 Å². The van der Waals surface area contributed by atoms with Crippen molar-refractivity contribution in [3.8, 4) is 11.3 Å². The van der Waals surface area contributed by atoms with Crippen molar-refractivity contribution in [2.75, 3.05) is 20.3 Å². The third-order valence-corrected chi connectivity index (χ3v) is 6.46. The molecule has 1 aromatic carbocycles. The Hall–Kier alpha value is -3.23. The molecule has 0 unspecified atom stereocenters. The van der Waals surface area contributed by atoms with Gasteiger partial charge in [-0.3, -0.25) is 4.98 Å². The van der Waals surface area contributed by atoms with E-state index in [-0.39, 0.29) is 24.2 Å². The SMILES string of the molecule is COC(=O)c1cccc(-c2ccc([C@H]3[C@@H](c4ccccn4)NC(=S)N3C[C@@H]3CCCO3)o2)c1. The van der Waals surface area contributed by atoms with Crippen LogP contribution < -0.4 is 5.32 Å². The van der Waals surface area contributed by atoms with E-state index in [0.717, 1.165) is 36.5 Å². The second-order valence-electron chi connectivity index (χ2n) is 8.19. The van der Waals surface area contributed by atoms with Crippen LogP contribution in [0.4, 0.5) is 0 Å². The van der Waals surface area contributed by atoms with Crippen LogP contribution >= 0.6 is 12.2 Å². The number of hydrogen-bond acceptors (Lipinski definition) is 6. The van der Waals surface area contributed by atoms with Gasteiger partial charge in [0.2, 0.25) is 0 Å². The van der Waals surface area contributed by atoms with E-state index in [1.165, 1.54) is 7.11 Å². The zero-order valence-corrected chi connectivity index (χ0v) is 19.1. The van der Waals surface area contributed by atoms with Gasteiger partial charge in [-0.25, -0.2) is 4.79 Å². The van der Waals surface area contributed by atoms with Crippen LogP contribution in [-0.4, -0.2) is 47.3 Å². The third kappa shape index (κ3) is 4.36. The quantitative estimate of drug-likeness (QED) is 0.429. The van der Waals surface area contributed by atoms with Crippen LogP contribution in [0.3, 0.4) is 0 Å². The van der Waals surface area contributed by atoms with Crippen molar-refractivity contribution in [2.24, 2.45) is 0 Å². The molecule has 33 heavy (non-hydrogen) atoms. The van der Waals surface area contributed by atoms with E-state index in [4.69, 9.17) is 26.1 Å². The molecule has 8 heteroatoms. The zero-order chi connectivity index (χ0) is 22.8. The molecule has 170 valence electrons. The van der Waals surface area contributed by atoms with E-state index in [0.29, 0.717) is 23.0 Å². The number of pyridine rings is 1. The first kappa shape index (κ1) is 21.6. The molecule has 3 atom stereocenters. The molecule has 0 spiro atoms. The molecule has 0 bridgehead atoms. The Kier molecular flexibility index (Phi) is 6.11. The van der Waals surface area contributed by atoms with E-state index in [1.54, 1.807) is 18.3 Å². The molecule has 0 aliphatic carbocycles. The van der Waals surface area contributed by atoms with Gasteiger partial charge < -0.3 is 24.1 Å². The molecule has 1 N–H and O–H groups in total. The minimum Gasteiger partial charge on any atom is -0.465 e. The first-order chi connectivity index (χ1) is 16.1. The Morgan fingerprint density at radius 3 is 2.91 bits per heavy atom. The second-order valence-corrected chi connectivity index (χ2v) is 8.58. The lowest BCUT2D eigenvalue weighted by Crippen LogP contribution is -2.36. The van der Waals surface area contributed by atoms with Gasteiger partial charge in [0.25, 0.3) is 0 Å². The number of thiocarbonyl (C=S) groups is 1. The van der Waals surface area contributed by atoms with Crippen molar-refractivity contribution in [1.29, 1.82) is 0 Å². The van der Waals surface area contributed by atoms with Gasteiger partial charge in [0, 0.05) is 24.9 Å². The smallest absolute Gasteiger partial charge is 0.337 e. The Bertz CT molecular complexity index is 1140. The molecular formula is C25H25N3O4S. The fourth-order valence-electron chi connectivity index (χ4n) is 4.50. The molecule has 2 aromatic heterocycles. The van der Waals surface area contributed by atoms with Crippen molar-refractivity contribution in [3.05, 3.63) is 77.8 Å². The predicted molar refractivity (Wildman–Crippen MR) is 127 cm³/mol. The highest BCUT2D eigenvalue weighted by molar-refractivity contribution is 7.80. The summed E-state index contributed by atoms with van der Waals surface area (Å²) < 4.78 is 17.1. The summed E-state index contributed by atoms with van der Waals surface area (Å²) in [6.07, 6.45) is 4.00. The third-order valence-electron chi connectivity index (χ3n) is 6.11. The van der Waals surface area contributed by atoms with Crippen LogP contribution in [-0.2, 0) is 9.47 Å². The van der Waals surface area contributed by atoms with Crippen LogP contribution in [0, 0.1) is 0 Å². The van der Waals surface area contributed by atoms with Crippen molar-refractivity contribution in [3.63, 3.8) is 0 Å². The summed E-state index contributed by atoms with van der Waals surface area (Å²) in [7, 11) is 1.37. The maximum atomic E-state index is 12.0. The van der Waals surface area contributed by atoms with Crippen molar-refractivity contribution in [1.82, 2.24) is 15.2 Å². The first-order valence-electron chi connectivity index (χ1n) is 11.0. The number of nitrogens with one attached hydrogen (secondary N) is 1. The minimum absolute atomic E-state index is 0.140. The highest BCUT2D eigenvalue weighted by atomic mass is 32.1. The molecule has 0 amide bonds. The molecule has 4 heterocycles. The van der Waals surface area contributed by atoms with Crippen LogP contribution in [0.1, 0.15) is 46.7 Å². The van der Waals surface area contributed by atoms with Crippen LogP contribution in [0.25, 0.3) is 11.3 Å². The van der Waals surface area contributed by atoms with Crippen LogP contribution in [0.2, 0.25) is 0 Å². The number of nitrogens with zero attached hydrogens (tertiary/aromatic N) is 2. The molecule has 0 radical (unpaired) electrons. The van der Waals surface area contributed by atoms with Gasteiger partial charge in [0.15, 0.2) is 5.11 Å². The minimum atomic E-state index is -0.382. The summed E-state index contributed by atoms with van der Waals surface area (Å²) in [5.74, 6) is 1.06. The Morgan fingerprint density at radius 1 is 1.24 bits per heavy atom. The van der Waals surface area contributed by atoms with Gasteiger partial charge in [-0.05, 0) is 61.5 Å². The molecule has 2 fully saturated rings. The summed E-state index contributed by atoms with van der Waals surface area (Å²) in [6.45, 7) is 1.47. The summed E-state index contributed by atoms with van der Waals surface area (Å²) in [5.41, 5.74) is 2.17. The lowest BCUT2D eigenvalue weighted by atomic mass is 10.0. The summed E-state index contributed by atoms with van der Waals surface area (Å²) in [4.78, 5) is 18.7. The van der Waals surface area contributed by atoms with E-state index >= 15 is 0 Å². The molecule has 2 saturated heterocycles. The maximum Gasteiger partial charge on any atom is 0.337 e. The number of carbonyl (C=O) groups is 1. The lowest BCUT2D eigenvalue weighted by Gasteiger charge is -2.28. The topological polar surface area (TPSA) is 76.8 Å². The number of carbonyl (C=O) groups excluding carboxylic acids is 1. The first-order valence-corrected chi connectivity index (χ1v) is 11.4. The Balaban J connectivity index is 1.49.